The molecule has 2 aromatic rings. The van der Waals surface area contributed by atoms with Gasteiger partial charge in [0.2, 0.25) is 5.76 Å². The molecule has 0 aliphatic rings. The minimum absolute atomic E-state index is 0.178. The lowest BCUT2D eigenvalue weighted by Gasteiger charge is -2.12. The molecule has 1 aromatic heterocycles. The molecule has 0 saturated heterocycles. The van der Waals surface area contributed by atoms with Crippen molar-refractivity contribution in [3.05, 3.63) is 42.2 Å². The first-order valence-corrected chi connectivity index (χ1v) is 6.57. The summed E-state index contributed by atoms with van der Waals surface area (Å²) in [5, 5.41) is 6.86. The zero-order valence-electron chi connectivity index (χ0n) is 11.2. The third-order valence-corrected chi connectivity index (χ3v) is 3.12. The van der Waals surface area contributed by atoms with Crippen molar-refractivity contribution in [2.75, 3.05) is 0 Å². The van der Waals surface area contributed by atoms with E-state index < -0.39 is 0 Å². The Morgan fingerprint density at radius 3 is 2.58 bits per heavy atom. The lowest BCUT2D eigenvalue weighted by molar-refractivity contribution is 0.0897. The van der Waals surface area contributed by atoms with E-state index in [9.17, 15) is 4.79 Å². The van der Waals surface area contributed by atoms with Crippen molar-refractivity contribution in [2.45, 2.75) is 32.7 Å². The molecule has 19 heavy (non-hydrogen) atoms. The Kier molecular flexibility index (Phi) is 4.34. The normalized spacial score (nSPS) is 10.7. The quantitative estimate of drug-likeness (QED) is 0.895. The van der Waals surface area contributed by atoms with Crippen LogP contribution in [-0.4, -0.2) is 17.1 Å². The molecule has 2 rings (SSSR count). The molecule has 4 nitrogen and oxygen atoms in total. The molecule has 0 spiro atoms. The van der Waals surface area contributed by atoms with Crippen LogP contribution >= 0.6 is 0 Å². The van der Waals surface area contributed by atoms with Gasteiger partial charge in [-0.1, -0.05) is 49.3 Å². The summed E-state index contributed by atoms with van der Waals surface area (Å²) in [4.78, 5) is 12.0. The number of hydrogen-bond acceptors (Lipinski definition) is 3. The van der Waals surface area contributed by atoms with Crippen molar-refractivity contribution in [3.63, 3.8) is 0 Å². The number of carbonyl (C=O) groups is 1. The van der Waals surface area contributed by atoms with Crippen LogP contribution in [0.2, 0.25) is 0 Å². The highest BCUT2D eigenvalue weighted by molar-refractivity contribution is 5.92. The van der Waals surface area contributed by atoms with Crippen molar-refractivity contribution in [1.29, 1.82) is 0 Å². The Labute approximate surface area is 112 Å². The maximum absolute atomic E-state index is 12.0. The SMILES string of the molecule is CCC(CC)NC(=O)c1cc(-c2ccccc2)no1. The molecule has 0 aliphatic carbocycles. The molecule has 0 bridgehead atoms. The second-order valence-corrected chi connectivity index (χ2v) is 4.43. The van der Waals surface area contributed by atoms with Crippen molar-refractivity contribution in [1.82, 2.24) is 10.5 Å². The maximum Gasteiger partial charge on any atom is 0.290 e. The van der Waals surface area contributed by atoms with Gasteiger partial charge in [0, 0.05) is 17.7 Å². The third kappa shape index (κ3) is 3.22. The third-order valence-electron chi connectivity index (χ3n) is 3.12. The number of benzene rings is 1. The van der Waals surface area contributed by atoms with Crippen LogP contribution in [0.25, 0.3) is 11.3 Å². The van der Waals surface area contributed by atoms with Crippen LogP contribution in [0.1, 0.15) is 37.2 Å². The van der Waals surface area contributed by atoms with Gasteiger partial charge < -0.3 is 9.84 Å². The lowest BCUT2D eigenvalue weighted by Crippen LogP contribution is -2.33. The Hall–Kier alpha value is -2.10. The second-order valence-electron chi connectivity index (χ2n) is 4.43. The van der Waals surface area contributed by atoms with Gasteiger partial charge in [-0.25, -0.2) is 0 Å². The summed E-state index contributed by atoms with van der Waals surface area (Å²) in [7, 11) is 0. The lowest BCUT2D eigenvalue weighted by atomic mass is 10.1. The summed E-state index contributed by atoms with van der Waals surface area (Å²) >= 11 is 0. The van der Waals surface area contributed by atoms with E-state index >= 15 is 0 Å². The Morgan fingerprint density at radius 2 is 1.95 bits per heavy atom. The van der Waals surface area contributed by atoms with E-state index in [1.165, 1.54) is 0 Å². The summed E-state index contributed by atoms with van der Waals surface area (Å²) in [6.45, 7) is 4.09. The van der Waals surface area contributed by atoms with Gasteiger partial charge in [-0.05, 0) is 12.8 Å². The highest BCUT2D eigenvalue weighted by Crippen LogP contribution is 2.18. The van der Waals surface area contributed by atoms with Gasteiger partial charge in [0.15, 0.2) is 0 Å². The number of aromatic nitrogens is 1. The van der Waals surface area contributed by atoms with Gasteiger partial charge in [0.05, 0.1) is 0 Å². The number of nitrogens with one attached hydrogen (secondary N) is 1. The van der Waals surface area contributed by atoms with E-state index in [1.54, 1.807) is 6.07 Å². The van der Waals surface area contributed by atoms with Gasteiger partial charge in [-0.15, -0.1) is 0 Å². The Balaban J connectivity index is 2.11. The number of amides is 1. The van der Waals surface area contributed by atoms with Crippen LogP contribution in [-0.2, 0) is 0 Å². The number of hydrogen-bond donors (Lipinski definition) is 1. The summed E-state index contributed by atoms with van der Waals surface area (Å²) in [5.41, 5.74) is 1.61. The molecular formula is C15H18N2O2. The second kappa shape index (κ2) is 6.18. The number of rotatable bonds is 5. The molecular weight excluding hydrogens is 240 g/mol. The zero-order chi connectivity index (χ0) is 13.7. The van der Waals surface area contributed by atoms with E-state index in [1.807, 2.05) is 44.2 Å². The molecule has 0 aliphatic heterocycles. The smallest absolute Gasteiger partial charge is 0.290 e. The first-order chi connectivity index (χ1) is 9.24. The molecule has 100 valence electrons. The van der Waals surface area contributed by atoms with Gasteiger partial charge in [-0.3, -0.25) is 4.79 Å². The van der Waals surface area contributed by atoms with Crippen LogP contribution in [0.4, 0.5) is 0 Å². The Morgan fingerprint density at radius 1 is 1.26 bits per heavy atom. The molecule has 0 unspecified atom stereocenters. The summed E-state index contributed by atoms with van der Waals surface area (Å²) in [6, 6.07) is 11.5. The first-order valence-electron chi connectivity index (χ1n) is 6.57. The minimum atomic E-state index is -0.205. The van der Waals surface area contributed by atoms with Crippen LogP contribution < -0.4 is 5.32 Å². The van der Waals surface area contributed by atoms with E-state index in [-0.39, 0.29) is 17.7 Å². The summed E-state index contributed by atoms with van der Waals surface area (Å²) in [5.74, 6) is 0.0501. The van der Waals surface area contributed by atoms with E-state index in [4.69, 9.17) is 4.52 Å². The summed E-state index contributed by atoms with van der Waals surface area (Å²) < 4.78 is 5.11. The maximum atomic E-state index is 12.0. The fourth-order valence-electron chi connectivity index (χ4n) is 1.88. The first kappa shape index (κ1) is 13.3. The van der Waals surface area contributed by atoms with Gasteiger partial charge in [0.25, 0.3) is 5.91 Å². The van der Waals surface area contributed by atoms with E-state index in [2.05, 4.69) is 10.5 Å². The molecule has 1 heterocycles. The largest absolute Gasteiger partial charge is 0.350 e. The van der Waals surface area contributed by atoms with Crippen molar-refractivity contribution >= 4 is 5.91 Å². The molecule has 0 fully saturated rings. The molecule has 4 heteroatoms. The standard InChI is InChI=1S/C15H18N2O2/c1-3-12(4-2)16-15(18)14-10-13(17-19-14)11-8-6-5-7-9-11/h5-10,12H,3-4H2,1-2H3,(H,16,18). The van der Waals surface area contributed by atoms with Crippen LogP contribution in [0.3, 0.4) is 0 Å². The highest BCUT2D eigenvalue weighted by Gasteiger charge is 2.16. The minimum Gasteiger partial charge on any atom is -0.350 e. The monoisotopic (exact) mass is 258 g/mol. The zero-order valence-corrected chi connectivity index (χ0v) is 11.2. The molecule has 0 atom stereocenters. The van der Waals surface area contributed by atoms with Crippen molar-refractivity contribution in [2.24, 2.45) is 0 Å². The molecule has 1 amide bonds. The van der Waals surface area contributed by atoms with Crippen molar-refractivity contribution in [3.8, 4) is 11.3 Å². The average Bonchev–Trinajstić information content (AvgIpc) is 2.95. The molecule has 1 N–H and O–H groups in total. The predicted molar refractivity (Wildman–Crippen MR) is 73.8 cm³/mol. The van der Waals surface area contributed by atoms with Crippen molar-refractivity contribution < 1.29 is 9.32 Å². The predicted octanol–water partition coefficient (Wildman–Crippen LogP) is 3.26. The average molecular weight is 258 g/mol. The fourth-order valence-corrected chi connectivity index (χ4v) is 1.88. The van der Waals surface area contributed by atoms with Gasteiger partial charge >= 0.3 is 0 Å². The topological polar surface area (TPSA) is 55.1 Å². The van der Waals surface area contributed by atoms with Crippen LogP contribution in [0.15, 0.2) is 40.9 Å². The number of nitrogens with zero attached hydrogens (tertiary/aromatic N) is 1. The highest BCUT2D eigenvalue weighted by atomic mass is 16.5. The van der Waals surface area contributed by atoms with Gasteiger partial charge in [-0.2, -0.15) is 0 Å². The van der Waals surface area contributed by atoms with Crippen LogP contribution in [0, 0.1) is 0 Å². The summed E-state index contributed by atoms with van der Waals surface area (Å²) in [6.07, 6.45) is 1.81. The fraction of sp³-hybridized carbons (Fsp3) is 0.333. The van der Waals surface area contributed by atoms with E-state index in [0.717, 1.165) is 18.4 Å². The van der Waals surface area contributed by atoms with E-state index in [0.29, 0.717) is 5.69 Å². The van der Waals surface area contributed by atoms with Gasteiger partial charge in [0.1, 0.15) is 5.69 Å². The molecule has 1 aromatic carbocycles. The number of carbonyl (C=O) groups excluding carboxylic acids is 1. The molecule has 0 saturated carbocycles. The van der Waals surface area contributed by atoms with Crippen LogP contribution in [0.5, 0.6) is 0 Å². The molecule has 0 radical (unpaired) electrons. The Bertz CT molecular complexity index is 530.